The van der Waals surface area contributed by atoms with E-state index in [2.05, 4.69) is 13.8 Å². The zero-order valence-corrected chi connectivity index (χ0v) is 13.2. The minimum atomic E-state index is -0.716. The highest BCUT2D eigenvalue weighted by Crippen LogP contribution is 2.38. The Morgan fingerprint density at radius 2 is 2.00 bits per heavy atom. The van der Waals surface area contributed by atoms with E-state index in [4.69, 9.17) is 16.3 Å². The van der Waals surface area contributed by atoms with E-state index in [1.807, 2.05) is 43.3 Å². The van der Waals surface area contributed by atoms with Gasteiger partial charge in [-0.2, -0.15) is 0 Å². The Morgan fingerprint density at radius 1 is 1.24 bits per heavy atom. The van der Waals surface area contributed by atoms with Crippen LogP contribution in [0.3, 0.4) is 0 Å². The summed E-state index contributed by atoms with van der Waals surface area (Å²) in [5.41, 5.74) is 3.53. The van der Waals surface area contributed by atoms with Gasteiger partial charge in [-0.3, -0.25) is 0 Å². The van der Waals surface area contributed by atoms with Gasteiger partial charge in [0.15, 0.2) is 0 Å². The summed E-state index contributed by atoms with van der Waals surface area (Å²) in [4.78, 5) is 0. The first-order valence-corrected chi connectivity index (χ1v) is 7.50. The molecule has 2 aromatic rings. The molecular formula is C18H19ClO2. The Bertz CT molecular complexity index is 692. The Labute approximate surface area is 130 Å². The van der Waals surface area contributed by atoms with Crippen molar-refractivity contribution < 1.29 is 9.84 Å². The van der Waals surface area contributed by atoms with Crippen molar-refractivity contribution in [2.75, 3.05) is 0 Å². The van der Waals surface area contributed by atoms with Crippen LogP contribution in [-0.2, 0) is 6.42 Å². The van der Waals surface area contributed by atoms with Crippen LogP contribution in [0.1, 0.15) is 42.2 Å². The van der Waals surface area contributed by atoms with Crippen molar-refractivity contribution in [2.24, 2.45) is 0 Å². The molecule has 21 heavy (non-hydrogen) atoms. The predicted molar refractivity (Wildman–Crippen MR) is 85.1 cm³/mol. The fourth-order valence-corrected chi connectivity index (χ4v) is 3.09. The average molecular weight is 303 g/mol. The fourth-order valence-electron chi connectivity index (χ4n) is 2.86. The van der Waals surface area contributed by atoms with Crippen LogP contribution >= 0.6 is 11.6 Å². The largest absolute Gasteiger partial charge is 0.487 e. The molecule has 0 bridgehead atoms. The van der Waals surface area contributed by atoms with Gasteiger partial charge >= 0.3 is 0 Å². The topological polar surface area (TPSA) is 29.5 Å². The fraction of sp³-hybridized carbons (Fsp3) is 0.333. The predicted octanol–water partition coefficient (Wildman–Crippen LogP) is 4.44. The van der Waals surface area contributed by atoms with Gasteiger partial charge < -0.3 is 9.84 Å². The summed E-state index contributed by atoms with van der Waals surface area (Å²) in [5, 5.41) is 11.3. The molecule has 1 atom stereocenters. The van der Waals surface area contributed by atoms with Crippen molar-refractivity contribution in [1.82, 2.24) is 0 Å². The molecule has 0 aliphatic carbocycles. The number of aryl methyl sites for hydroxylation is 1. The number of benzene rings is 2. The van der Waals surface area contributed by atoms with Crippen molar-refractivity contribution in [1.29, 1.82) is 0 Å². The molecule has 3 rings (SSSR count). The number of ether oxygens (including phenoxy) is 1. The summed E-state index contributed by atoms with van der Waals surface area (Å²) in [6.45, 7) is 6.08. The van der Waals surface area contributed by atoms with Gasteiger partial charge in [0.1, 0.15) is 17.5 Å². The van der Waals surface area contributed by atoms with Gasteiger partial charge in [0.25, 0.3) is 0 Å². The molecule has 0 saturated carbocycles. The third-order valence-corrected chi connectivity index (χ3v) is 4.44. The lowest BCUT2D eigenvalue weighted by molar-refractivity contribution is 0.138. The lowest BCUT2D eigenvalue weighted by Crippen LogP contribution is -2.24. The second kappa shape index (κ2) is 5.04. The van der Waals surface area contributed by atoms with E-state index in [1.54, 1.807) is 0 Å². The number of aliphatic hydroxyl groups is 1. The first-order valence-electron chi connectivity index (χ1n) is 7.12. The van der Waals surface area contributed by atoms with E-state index in [9.17, 15) is 5.11 Å². The van der Waals surface area contributed by atoms with Crippen LogP contribution in [0.4, 0.5) is 0 Å². The van der Waals surface area contributed by atoms with Gasteiger partial charge in [0.05, 0.1) is 0 Å². The molecule has 0 aromatic heterocycles. The van der Waals surface area contributed by atoms with E-state index in [0.29, 0.717) is 5.02 Å². The van der Waals surface area contributed by atoms with Crippen LogP contribution in [0.15, 0.2) is 36.4 Å². The lowest BCUT2D eigenvalue weighted by atomic mass is 9.95. The molecular weight excluding hydrogens is 284 g/mol. The zero-order valence-electron chi connectivity index (χ0n) is 12.5. The van der Waals surface area contributed by atoms with E-state index in [0.717, 1.165) is 34.4 Å². The number of fused-ring (bicyclic) bond motifs is 1. The van der Waals surface area contributed by atoms with E-state index < -0.39 is 6.10 Å². The SMILES string of the molecule is Cc1cccc(C(O)c2ccc3c(c2)CC(C)(C)O3)c1Cl. The normalized spacial score (nSPS) is 17.2. The third-order valence-electron chi connectivity index (χ3n) is 3.92. The molecule has 1 N–H and O–H groups in total. The highest BCUT2D eigenvalue weighted by molar-refractivity contribution is 6.32. The van der Waals surface area contributed by atoms with Crippen LogP contribution in [0.25, 0.3) is 0 Å². The zero-order chi connectivity index (χ0) is 15.2. The summed E-state index contributed by atoms with van der Waals surface area (Å²) in [5.74, 6) is 0.909. The van der Waals surface area contributed by atoms with Crippen LogP contribution in [0, 0.1) is 6.92 Å². The van der Waals surface area contributed by atoms with Gasteiger partial charge in [-0.1, -0.05) is 35.9 Å². The van der Waals surface area contributed by atoms with Gasteiger partial charge in [-0.15, -0.1) is 0 Å². The van der Waals surface area contributed by atoms with Gasteiger partial charge in [-0.25, -0.2) is 0 Å². The molecule has 0 fully saturated rings. The molecule has 1 aliphatic heterocycles. The Balaban J connectivity index is 1.97. The second-order valence-corrected chi connectivity index (χ2v) is 6.66. The van der Waals surface area contributed by atoms with E-state index in [1.165, 1.54) is 0 Å². The van der Waals surface area contributed by atoms with E-state index >= 15 is 0 Å². The van der Waals surface area contributed by atoms with Crippen molar-refractivity contribution in [3.8, 4) is 5.75 Å². The molecule has 0 saturated heterocycles. The number of rotatable bonds is 2. The van der Waals surface area contributed by atoms with Crippen LogP contribution < -0.4 is 4.74 Å². The second-order valence-electron chi connectivity index (χ2n) is 6.29. The van der Waals surface area contributed by atoms with Crippen molar-refractivity contribution in [2.45, 2.75) is 38.9 Å². The molecule has 3 heteroatoms. The maximum atomic E-state index is 10.6. The summed E-state index contributed by atoms with van der Waals surface area (Å²) in [6, 6.07) is 11.6. The number of aliphatic hydroxyl groups excluding tert-OH is 1. The smallest absolute Gasteiger partial charge is 0.123 e. The Hall–Kier alpha value is -1.51. The average Bonchev–Trinajstić information content (AvgIpc) is 2.73. The van der Waals surface area contributed by atoms with Crippen LogP contribution in [0.5, 0.6) is 5.75 Å². The molecule has 110 valence electrons. The lowest BCUT2D eigenvalue weighted by Gasteiger charge is -2.16. The summed E-state index contributed by atoms with van der Waals surface area (Å²) in [6.07, 6.45) is 0.135. The quantitative estimate of drug-likeness (QED) is 0.888. The number of hydrogen-bond donors (Lipinski definition) is 1. The van der Waals surface area contributed by atoms with Gasteiger partial charge in [0, 0.05) is 17.0 Å². The molecule has 2 aromatic carbocycles. The maximum absolute atomic E-state index is 10.6. The molecule has 0 radical (unpaired) electrons. The standard InChI is InChI=1S/C18H19ClO2/c1-11-5-4-6-14(16(11)19)17(20)12-7-8-15-13(9-12)10-18(2,3)21-15/h4-9,17,20H,10H2,1-3H3. The van der Waals surface area contributed by atoms with Crippen molar-refractivity contribution >= 4 is 11.6 Å². The summed E-state index contributed by atoms with van der Waals surface area (Å²) in [7, 11) is 0. The maximum Gasteiger partial charge on any atom is 0.123 e. The highest BCUT2D eigenvalue weighted by Gasteiger charge is 2.30. The third kappa shape index (κ3) is 2.66. The van der Waals surface area contributed by atoms with Crippen molar-refractivity contribution in [3.05, 3.63) is 63.7 Å². The minimum absolute atomic E-state index is 0.174. The molecule has 0 amide bonds. The monoisotopic (exact) mass is 302 g/mol. The molecule has 1 heterocycles. The highest BCUT2D eigenvalue weighted by atomic mass is 35.5. The van der Waals surface area contributed by atoms with E-state index in [-0.39, 0.29) is 5.60 Å². The molecule has 2 nitrogen and oxygen atoms in total. The van der Waals surface area contributed by atoms with Gasteiger partial charge in [0.2, 0.25) is 0 Å². The first kappa shape index (κ1) is 14.4. The minimum Gasteiger partial charge on any atom is -0.487 e. The van der Waals surface area contributed by atoms with Gasteiger partial charge in [-0.05, 0) is 49.6 Å². The summed E-state index contributed by atoms with van der Waals surface area (Å²) >= 11 is 6.32. The molecule has 0 spiro atoms. The Morgan fingerprint density at radius 3 is 2.76 bits per heavy atom. The Kier molecular flexibility index (Phi) is 3.46. The van der Waals surface area contributed by atoms with Crippen LogP contribution in [-0.4, -0.2) is 10.7 Å². The number of halogens is 1. The van der Waals surface area contributed by atoms with Crippen LogP contribution in [0.2, 0.25) is 5.02 Å². The first-order chi connectivity index (χ1) is 9.87. The molecule has 1 aliphatic rings. The van der Waals surface area contributed by atoms with Crippen molar-refractivity contribution in [3.63, 3.8) is 0 Å². The summed E-state index contributed by atoms with van der Waals surface area (Å²) < 4.78 is 5.87. The molecule has 1 unspecified atom stereocenters. The number of hydrogen-bond acceptors (Lipinski definition) is 2.